The highest BCUT2D eigenvalue weighted by Gasteiger charge is 2.05. The van der Waals surface area contributed by atoms with Crippen LogP contribution in [0.1, 0.15) is 5.69 Å². The Morgan fingerprint density at radius 3 is 2.77 bits per heavy atom. The van der Waals surface area contributed by atoms with Crippen molar-refractivity contribution in [2.45, 2.75) is 6.92 Å². The molecule has 0 unspecified atom stereocenters. The number of H-pyrrole nitrogens is 1. The van der Waals surface area contributed by atoms with Crippen molar-refractivity contribution in [2.24, 2.45) is 0 Å². The molecule has 0 aliphatic heterocycles. The highest BCUT2D eigenvalue weighted by Crippen LogP contribution is 2.16. The second kappa shape index (κ2) is 3.10. The molecule has 0 aliphatic rings. The smallest absolute Gasteiger partial charge is 0.266 e. The molecule has 0 amide bonds. The lowest BCUT2D eigenvalue weighted by molar-refractivity contribution is 0.541. The third-order valence-corrected chi connectivity index (χ3v) is 1.86. The van der Waals surface area contributed by atoms with Gasteiger partial charge in [-0.2, -0.15) is 0 Å². The molecule has 0 spiro atoms. The second-order valence-corrected chi connectivity index (χ2v) is 2.92. The van der Waals surface area contributed by atoms with E-state index in [-0.39, 0.29) is 0 Å². The fourth-order valence-electron chi connectivity index (χ4n) is 1.07. The zero-order valence-electron chi connectivity index (χ0n) is 6.94. The molecular weight excluding hydrogens is 186 g/mol. The van der Waals surface area contributed by atoms with Crippen LogP contribution in [0.2, 0.25) is 0 Å². The van der Waals surface area contributed by atoms with Gasteiger partial charge in [0.1, 0.15) is 17.7 Å². The van der Waals surface area contributed by atoms with Crippen LogP contribution >= 0.6 is 12.2 Å². The summed E-state index contributed by atoms with van der Waals surface area (Å²) in [5.41, 5.74) is 2.37. The first-order valence-corrected chi connectivity index (χ1v) is 4.14. The summed E-state index contributed by atoms with van der Waals surface area (Å²) in [4.78, 5) is 11.5. The molecule has 66 valence electrons. The molecule has 0 bridgehead atoms. The van der Waals surface area contributed by atoms with Crippen molar-refractivity contribution < 1.29 is 4.42 Å². The van der Waals surface area contributed by atoms with Crippen LogP contribution < -0.4 is 0 Å². The Morgan fingerprint density at radius 2 is 2.15 bits per heavy atom. The minimum absolute atomic E-state index is 0.347. The van der Waals surface area contributed by atoms with Crippen LogP contribution in [-0.2, 0) is 0 Å². The summed E-state index contributed by atoms with van der Waals surface area (Å²) in [5, 5.41) is 0. The highest BCUT2D eigenvalue weighted by molar-refractivity contribution is 7.71. The Hall–Kier alpha value is -1.49. The molecule has 2 aromatic rings. The van der Waals surface area contributed by atoms with E-state index < -0.39 is 0 Å². The lowest BCUT2D eigenvalue weighted by atomic mass is 10.3. The molecule has 0 radical (unpaired) electrons. The standard InChI is InChI=1S/C8H7N3OS/c1-5-7(10-3-2-9-5)6-4-12-8(13)11-6/h2-4H,1H3,(H,11,13). The van der Waals surface area contributed by atoms with E-state index in [9.17, 15) is 0 Å². The summed E-state index contributed by atoms with van der Waals surface area (Å²) in [5.74, 6) is 0. The van der Waals surface area contributed by atoms with E-state index in [1.54, 1.807) is 18.7 Å². The van der Waals surface area contributed by atoms with Gasteiger partial charge in [0.2, 0.25) is 0 Å². The summed E-state index contributed by atoms with van der Waals surface area (Å²) < 4.78 is 4.97. The fourth-order valence-corrected chi connectivity index (χ4v) is 1.23. The Morgan fingerprint density at radius 1 is 1.38 bits per heavy atom. The normalized spacial score (nSPS) is 10.2. The maximum Gasteiger partial charge on any atom is 0.266 e. The van der Waals surface area contributed by atoms with Crippen LogP contribution in [0.25, 0.3) is 11.4 Å². The van der Waals surface area contributed by atoms with Gasteiger partial charge in [0, 0.05) is 12.4 Å². The molecule has 0 saturated heterocycles. The van der Waals surface area contributed by atoms with Crippen LogP contribution in [0.15, 0.2) is 23.1 Å². The van der Waals surface area contributed by atoms with Gasteiger partial charge in [0.25, 0.3) is 4.84 Å². The Balaban J connectivity index is 2.58. The molecule has 13 heavy (non-hydrogen) atoms. The van der Waals surface area contributed by atoms with E-state index >= 15 is 0 Å². The maximum absolute atomic E-state index is 4.97. The van der Waals surface area contributed by atoms with E-state index in [0.717, 1.165) is 17.1 Å². The van der Waals surface area contributed by atoms with Crippen molar-refractivity contribution in [3.05, 3.63) is 29.2 Å². The quantitative estimate of drug-likeness (QED) is 0.705. The number of aryl methyl sites for hydroxylation is 1. The van der Waals surface area contributed by atoms with Crippen molar-refractivity contribution in [1.29, 1.82) is 0 Å². The molecule has 0 aromatic carbocycles. The van der Waals surface area contributed by atoms with Crippen molar-refractivity contribution in [3.63, 3.8) is 0 Å². The number of aromatic nitrogens is 3. The van der Waals surface area contributed by atoms with Crippen LogP contribution in [0.3, 0.4) is 0 Å². The third-order valence-electron chi connectivity index (χ3n) is 1.66. The maximum atomic E-state index is 4.97. The van der Waals surface area contributed by atoms with Gasteiger partial charge in [0.05, 0.1) is 5.69 Å². The molecule has 0 aliphatic carbocycles. The van der Waals surface area contributed by atoms with Crippen molar-refractivity contribution in [3.8, 4) is 11.4 Å². The Bertz CT molecular complexity index is 474. The number of oxazole rings is 1. The van der Waals surface area contributed by atoms with Gasteiger partial charge in [-0.3, -0.25) is 9.97 Å². The molecule has 0 fully saturated rings. The monoisotopic (exact) mass is 193 g/mol. The van der Waals surface area contributed by atoms with Crippen LogP contribution in [-0.4, -0.2) is 15.0 Å². The van der Waals surface area contributed by atoms with E-state index in [4.69, 9.17) is 16.6 Å². The van der Waals surface area contributed by atoms with E-state index in [2.05, 4.69) is 15.0 Å². The number of hydrogen-bond donors (Lipinski definition) is 1. The van der Waals surface area contributed by atoms with Crippen LogP contribution in [0.5, 0.6) is 0 Å². The minimum atomic E-state index is 0.347. The van der Waals surface area contributed by atoms with Crippen molar-refractivity contribution in [2.75, 3.05) is 0 Å². The number of hydrogen-bond acceptors (Lipinski definition) is 4. The summed E-state index contributed by atoms with van der Waals surface area (Å²) in [6.07, 6.45) is 4.82. The van der Waals surface area contributed by atoms with Crippen molar-refractivity contribution in [1.82, 2.24) is 15.0 Å². The summed E-state index contributed by atoms with van der Waals surface area (Å²) in [7, 11) is 0. The third kappa shape index (κ3) is 1.50. The Labute approximate surface area is 79.7 Å². The predicted octanol–water partition coefficient (Wildman–Crippen LogP) is 2.10. The minimum Gasteiger partial charge on any atom is -0.437 e. The van der Waals surface area contributed by atoms with Crippen LogP contribution in [0.4, 0.5) is 0 Å². The first-order chi connectivity index (χ1) is 6.27. The van der Waals surface area contributed by atoms with Gasteiger partial charge < -0.3 is 9.40 Å². The molecule has 2 heterocycles. The average molecular weight is 193 g/mol. The van der Waals surface area contributed by atoms with E-state index in [0.29, 0.717) is 4.84 Å². The van der Waals surface area contributed by atoms with Gasteiger partial charge in [-0.15, -0.1) is 0 Å². The summed E-state index contributed by atoms with van der Waals surface area (Å²) in [6.45, 7) is 1.88. The molecule has 2 aromatic heterocycles. The molecule has 4 nitrogen and oxygen atoms in total. The molecule has 5 heteroatoms. The van der Waals surface area contributed by atoms with Gasteiger partial charge >= 0.3 is 0 Å². The SMILES string of the molecule is Cc1nccnc1-c1coc(=S)[nH]1. The van der Waals surface area contributed by atoms with Gasteiger partial charge in [0.15, 0.2) is 0 Å². The zero-order valence-corrected chi connectivity index (χ0v) is 7.76. The number of aromatic amines is 1. The largest absolute Gasteiger partial charge is 0.437 e. The molecule has 0 atom stereocenters. The number of nitrogens with zero attached hydrogens (tertiary/aromatic N) is 2. The number of rotatable bonds is 1. The lowest BCUT2D eigenvalue weighted by Crippen LogP contribution is -1.90. The fraction of sp³-hybridized carbons (Fsp3) is 0.125. The second-order valence-electron chi connectivity index (χ2n) is 2.55. The lowest BCUT2D eigenvalue weighted by Gasteiger charge is -1.97. The van der Waals surface area contributed by atoms with Gasteiger partial charge in [-0.05, 0) is 19.1 Å². The van der Waals surface area contributed by atoms with Crippen LogP contribution in [0, 0.1) is 11.8 Å². The molecule has 2 rings (SSSR count). The topological polar surface area (TPSA) is 54.7 Å². The Kier molecular flexibility index (Phi) is 1.94. The molecule has 0 saturated carbocycles. The number of nitrogens with one attached hydrogen (secondary N) is 1. The van der Waals surface area contributed by atoms with Gasteiger partial charge in [-0.1, -0.05) is 0 Å². The molecular formula is C8H7N3OS. The van der Waals surface area contributed by atoms with E-state index in [1.165, 1.54) is 0 Å². The zero-order chi connectivity index (χ0) is 9.26. The van der Waals surface area contributed by atoms with E-state index in [1.807, 2.05) is 6.92 Å². The highest BCUT2D eigenvalue weighted by atomic mass is 32.1. The first kappa shape index (κ1) is 8.12. The van der Waals surface area contributed by atoms with Crippen molar-refractivity contribution >= 4 is 12.2 Å². The molecule has 1 N–H and O–H groups in total. The summed E-state index contributed by atoms with van der Waals surface area (Å²) >= 11 is 4.81. The van der Waals surface area contributed by atoms with Gasteiger partial charge in [-0.25, -0.2) is 0 Å². The predicted molar refractivity (Wildman–Crippen MR) is 49.7 cm³/mol. The average Bonchev–Trinajstić information content (AvgIpc) is 2.53. The first-order valence-electron chi connectivity index (χ1n) is 3.73. The summed E-state index contributed by atoms with van der Waals surface area (Å²) in [6, 6.07) is 0.